The fourth-order valence-corrected chi connectivity index (χ4v) is 2.06. The highest BCUT2D eigenvalue weighted by atomic mass is 79.9. The highest BCUT2D eigenvalue weighted by Crippen LogP contribution is 2.24. The van der Waals surface area contributed by atoms with Crippen molar-refractivity contribution < 1.29 is 0 Å². The molecule has 2 aromatic heterocycles. The summed E-state index contributed by atoms with van der Waals surface area (Å²) >= 11 is 3.41. The van der Waals surface area contributed by atoms with E-state index < -0.39 is 0 Å². The Morgan fingerprint density at radius 3 is 2.71 bits per heavy atom. The third-order valence-corrected chi connectivity index (χ3v) is 3.09. The van der Waals surface area contributed by atoms with Crippen molar-refractivity contribution in [1.82, 2.24) is 14.6 Å². The number of hydrogen-bond acceptors (Lipinski definition) is 3. The molecule has 5 heteroatoms. The van der Waals surface area contributed by atoms with Crippen LogP contribution in [0.4, 0.5) is 5.82 Å². The zero-order valence-corrected chi connectivity index (χ0v) is 10.4. The molecule has 0 saturated heterocycles. The van der Waals surface area contributed by atoms with Gasteiger partial charge in [-0.1, -0.05) is 30.3 Å². The molecule has 0 aliphatic carbocycles. The second-order valence-corrected chi connectivity index (χ2v) is 4.51. The van der Waals surface area contributed by atoms with Crippen molar-refractivity contribution in [3.63, 3.8) is 0 Å². The Balaban J connectivity index is 2.28. The molecule has 2 heterocycles. The van der Waals surface area contributed by atoms with E-state index >= 15 is 0 Å². The molecule has 2 N–H and O–H groups in total. The van der Waals surface area contributed by atoms with Crippen LogP contribution in [0.1, 0.15) is 0 Å². The first-order chi connectivity index (χ1) is 8.25. The molecular weight excluding hydrogens is 280 g/mol. The first-order valence-corrected chi connectivity index (χ1v) is 5.90. The number of fused-ring (bicyclic) bond motifs is 1. The van der Waals surface area contributed by atoms with Gasteiger partial charge in [0.2, 0.25) is 0 Å². The van der Waals surface area contributed by atoms with Crippen LogP contribution in [-0.2, 0) is 0 Å². The van der Waals surface area contributed by atoms with Gasteiger partial charge >= 0.3 is 0 Å². The third kappa shape index (κ3) is 1.68. The maximum Gasteiger partial charge on any atom is 0.172 e. The number of rotatable bonds is 1. The lowest BCUT2D eigenvalue weighted by Gasteiger charge is -2.04. The molecule has 0 radical (unpaired) electrons. The van der Waals surface area contributed by atoms with E-state index in [0.717, 1.165) is 21.4 Å². The van der Waals surface area contributed by atoms with E-state index in [0.29, 0.717) is 5.82 Å². The minimum atomic E-state index is 0.569. The van der Waals surface area contributed by atoms with E-state index in [2.05, 4.69) is 26.0 Å². The molecule has 4 nitrogen and oxygen atoms in total. The second-order valence-electron chi connectivity index (χ2n) is 3.66. The van der Waals surface area contributed by atoms with Crippen LogP contribution >= 0.6 is 15.9 Å². The lowest BCUT2D eigenvalue weighted by atomic mass is 10.1. The van der Waals surface area contributed by atoms with E-state index in [-0.39, 0.29) is 0 Å². The van der Waals surface area contributed by atoms with Crippen molar-refractivity contribution in [3.05, 3.63) is 47.1 Å². The van der Waals surface area contributed by atoms with Crippen molar-refractivity contribution >= 4 is 27.4 Å². The molecule has 3 rings (SSSR count). The van der Waals surface area contributed by atoms with E-state index in [1.165, 1.54) is 0 Å². The van der Waals surface area contributed by atoms with Crippen LogP contribution in [-0.4, -0.2) is 14.6 Å². The average Bonchev–Trinajstić information content (AvgIpc) is 2.73. The van der Waals surface area contributed by atoms with Gasteiger partial charge in [-0.05, 0) is 15.9 Å². The van der Waals surface area contributed by atoms with Gasteiger partial charge in [0.15, 0.2) is 5.65 Å². The van der Waals surface area contributed by atoms with Gasteiger partial charge in [-0.2, -0.15) is 9.61 Å². The summed E-state index contributed by atoms with van der Waals surface area (Å²) < 4.78 is 2.44. The van der Waals surface area contributed by atoms with Gasteiger partial charge < -0.3 is 5.73 Å². The number of nitrogen functional groups attached to an aromatic ring is 1. The molecule has 0 bridgehead atoms. The van der Waals surface area contributed by atoms with Gasteiger partial charge in [0, 0.05) is 11.6 Å². The lowest BCUT2D eigenvalue weighted by molar-refractivity contribution is 0.954. The molecule has 84 valence electrons. The molecule has 1 aromatic carbocycles. The number of benzene rings is 1. The molecule has 0 fully saturated rings. The maximum absolute atomic E-state index is 5.95. The number of hydrogen-bond donors (Lipinski definition) is 1. The lowest BCUT2D eigenvalue weighted by Crippen LogP contribution is -2.01. The summed E-state index contributed by atoms with van der Waals surface area (Å²) in [7, 11) is 0. The summed E-state index contributed by atoms with van der Waals surface area (Å²) in [6.07, 6.45) is 1.69. The summed E-state index contributed by atoms with van der Waals surface area (Å²) in [5, 5.41) is 4.13. The van der Waals surface area contributed by atoms with E-state index in [9.17, 15) is 0 Å². The Morgan fingerprint density at radius 1 is 1.18 bits per heavy atom. The molecule has 0 unspecified atom stereocenters. The largest absolute Gasteiger partial charge is 0.384 e. The van der Waals surface area contributed by atoms with E-state index in [1.54, 1.807) is 10.7 Å². The average molecular weight is 289 g/mol. The highest BCUT2D eigenvalue weighted by molar-refractivity contribution is 9.10. The Labute approximate surface area is 106 Å². The number of nitrogens with zero attached hydrogens (tertiary/aromatic N) is 3. The minimum absolute atomic E-state index is 0.569. The number of nitrogens with two attached hydrogens (primary N) is 1. The molecule has 0 saturated carbocycles. The summed E-state index contributed by atoms with van der Waals surface area (Å²) in [5.41, 5.74) is 8.55. The SMILES string of the molecule is Nc1cc(-c2ccccc2)nc2c(Br)cnn12. The van der Waals surface area contributed by atoms with Gasteiger partial charge in [0.05, 0.1) is 16.4 Å². The van der Waals surface area contributed by atoms with E-state index in [1.807, 2.05) is 36.4 Å². The monoisotopic (exact) mass is 288 g/mol. The number of anilines is 1. The molecule has 3 aromatic rings. The predicted molar refractivity (Wildman–Crippen MR) is 70.5 cm³/mol. The highest BCUT2D eigenvalue weighted by Gasteiger charge is 2.08. The summed E-state index contributed by atoms with van der Waals surface area (Å²) in [6.45, 7) is 0. The maximum atomic E-state index is 5.95. The standard InChI is InChI=1S/C12H9BrN4/c13-9-7-15-17-11(14)6-10(16-12(9)17)8-4-2-1-3-5-8/h1-7H,14H2. The summed E-state index contributed by atoms with van der Waals surface area (Å²) in [6, 6.07) is 11.7. The van der Waals surface area contributed by atoms with Crippen LogP contribution in [0.5, 0.6) is 0 Å². The minimum Gasteiger partial charge on any atom is -0.384 e. The first-order valence-electron chi connectivity index (χ1n) is 5.11. The Bertz CT molecular complexity index is 676. The second kappa shape index (κ2) is 3.85. The fraction of sp³-hybridized carbons (Fsp3) is 0. The van der Waals surface area contributed by atoms with Gasteiger partial charge in [-0.15, -0.1) is 0 Å². The van der Waals surface area contributed by atoms with Gasteiger partial charge in [-0.25, -0.2) is 4.98 Å². The Morgan fingerprint density at radius 2 is 1.94 bits per heavy atom. The fourth-order valence-electron chi connectivity index (χ4n) is 1.72. The van der Waals surface area contributed by atoms with Crippen molar-refractivity contribution in [3.8, 4) is 11.3 Å². The number of aromatic nitrogens is 3. The van der Waals surface area contributed by atoms with Crippen molar-refractivity contribution in [1.29, 1.82) is 0 Å². The van der Waals surface area contributed by atoms with Crippen LogP contribution in [0.15, 0.2) is 47.1 Å². The van der Waals surface area contributed by atoms with Gasteiger partial charge in [0.25, 0.3) is 0 Å². The van der Waals surface area contributed by atoms with Gasteiger partial charge in [-0.3, -0.25) is 0 Å². The first kappa shape index (κ1) is 10.3. The van der Waals surface area contributed by atoms with Crippen LogP contribution in [0, 0.1) is 0 Å². The third-order valence-electron chi connectivity index (χ3n) is 2.53. The van der Waals surface area contributed by atoms with Crippen LogP contribution < -0.4 is 5.73 Å². The Hall–Kier alpha value is -1.88. The molecule has 0 spiro atoms. The molecular formula is C12H9BrN4. The zero-order chi connectivity index (χ0) is 11.8. The summed E-state index contributed by atoms with van der Waals surface area (Å²) in [4.78, 5) is 4.54. The van der Waals surface area contributed by atoms with Crippen molar-refractivity contribution in [2.45, 2.75) is 0 Å². The van der Waals surface area contributed by atoms with Gasteiger partial charge in [0.1, 0.15) is 5.82 Å². The zero-order valence-electron chi connectivity index (χ0n) is 8.84. The molecule has 0 aliphatic rings. The quantitative estimate of drug-likeness (QED) is 0.749. The molecule has 0 atom stereocenters. The normalized spacial score (nSPS) is 10.9. The van der Waals surface area contributed by atoms with Crippen molar-refractivity contribution in [2.75, 3.05) is 5.73 Å². The van der Waals surface area contributed by atoms with E-state index in [4.69, 9.17) is 5.73 Å². The summed E-state index contributed by atoms with van der Waals surface area (Å²) in [5.74, 6) is 0.569. The van der Waals surface area contributed by atoms with Crippen LogP contribution in [0.2, 0.25) is 0 Å². The van der Waals surface area contributed by atoms with Crippen LogP contribution in [0.25, 0.3) is 16.9 Å². The van der Waals surface area contributed by atoms with Crippen LogP contribution in [0.3, 0.4) is 0 Å². The Kier molecular flexibility index (Phi) is 2.33. The molecule has 0 aliphatic heterocycles. The molecule has 0 amide bonds. The smallest absolute Gasteiger partial charge is 0.172 e. The number of halogens is 1. The van der Waals surface area contributed by atoms with Crippen molar-refractivity contribution in [2.24, 2.45) is 0 Å². The predicted octanol–water partition coefficient (Wildman–Crippen LogP) is 2.74. The topological polar surface area (TPSA) is 56.2 Å². The molecule has 17 heavy (non-hydrogen) atoms.